The van der Waals surface area contributed by atoms with Gasteiger partial charge in [-0.25, -0.2) is 0 Å². The lowest BCUT2D eigenvalue weighted by Gasteiger charge is -2.25. The summed E-state index contributed by atoms with van der Waals surface area (Å²) in [5.41, 5.74) is 13.3. The quantitative estimate of drug-likeness (QED) is 0.408. The molecule has 0 fully saturated rings. The Morgan fingerprint density at radius 2 is 1.45 bits per heavy atom. The summed E-state index contributed by atoms with van der Waals surface area (Å²) >= 11 is 6.37. The molecule has 5 rings (SSSR count). The highest BCUT2D eigenvalue weighted by molar-refractivity contribution is 6.32. The van der Waals surface area contributed by atoms with Crippen molar-refractivity contribution >= 4 is 34.6 Å². The third-order valence-corrected chi connectivity index (χ3v) is 5.99. The van der Waals surface area contributed by atoms with Crippen LogP contribution in [0.3, 0.4) is 0 Å². The Morgan fingerprint density at radius 1 is 0.818 bits per heavy atom. The number of benzodiazepines with no additional fused rings is 1. The molecule has 4 nitrogen and oxygen atoms in total. The maximum absolute atomic E-state index is 13.4. The highest BCUT2D eigenvalue weighted by Gasteiger charge is 2.31. The van der Waals surface area contributed by atoms with Gasteiger partial charge in [-0.2, -0.15) is 0 Å². The standard InChI is InChI=1S/C28H22ClN3O/c1-18-7-9-21(10-8-18)26-24-17-22(29)13-16-25(24)32(28(33)27(30)31-26)23-14-11-20(12-15-23)19-5-3-2-4-6-19/h2-17,27H,30H2,1H3. The number of hydrogen-bond acceptors (Lipinski definition) is 3. The Hall–Kier alpha value is -3.73. The van der Waals surface area contributed by atoms with Crippen LogP contribution in [0.1, 0.15) is 16.7 Å². The van der Waals surface area contributed by atoms with Gasteiger partial charge in [-0.15, -0.1) is 0 Å². The molecular weight excluding hydrogens is 430 g/mol. The lowest BCUT2D eigenvalue weighted by molar-refractivity contribution is -0.118. The van der Waals surface area contributed by atoms with Crippen molar-refractivity contribution < 1.29 is 4.79 Å². The first-order valence-electron chi connectivity index (χ1n) is 10.7. The number of halogens is 1. The summed E-state index contributed by atoms with van der Waals surface area (Å²) in [7, 11) is 0. The Labute approximate surface area is 198 Å². The number of carbonyl (C=O) groups excluding carboxylic acids is 1. The second-order valence-electron chi connectivity index (χ2n) is 8.04. The van der Waals surface area contributed by atoms with E-state index in [4.69, 9.17) is 17.3 Å². The van der Waals surface area contributed by atoms with Gasteiger partial charge in [-0.05, 0) is 48.4 Å². The average Bonchev–Trinajstić information content (AvgIpc) is 2.95. The first-order valence-corrected chi connectivity index (χ1v) is 11.1. The summed E-state index contributed by atoms with van der Waals surface area (Å²) in [6, 6.07) is 31.5. The normalized spacial score (nSPS) is 15.6. The molecule has 0 aromatic heterocycles. The smallest absolute Gasteiger partial charge is 0.270 e. The van der Waals surface area contributed by atoms with Crippen molar-refractivity contribution in [3.63, 3.8) is 0 Å². The number of rotatable bonds is 3. The van der Waals surface area contributed by atoms with Crippen molar-refractivity contribution in [2.45, 2.75) is 13.1 Å². The van der Waals surface area contributed by atoms with Gasteiger partial charge in [0.05, 0.1) is 11.4 Å². The van der Waals surface area contributed by atoms with Crippen LogP contribution < -0.4 is 10.6 Å². The summed E-state index contributed by atoms with van der Waals surface area (Å²) < 4.78 is 0. The van der Waals surface area contributed by atoms with E-state index in [0.29, 0.717) is 16.4 Å². The number of aryl methyl sites for hydroxylation is 1. The summed E-state index contributed by atoms with van der Waals surface area (Å²) in [6.07, 6.45) is -1.04. The molecule has 5 heteroatoms. The Morgan fingerprint density at radius 3 is 2.15 bits per heavy atom. The largest absolute Gasteiger partial charge is 0.302 e. The number of benzene rings is 4. The van der Waals surface area contributed by atoms with Gasteiger partial charge in [0.2, 0.25) is 0 Å². The minimum Gasteiger partial charge on any atom is -0.302 e. The van der Waals surface area contributed by atoms with Gasteiger partial charge < -0.3 is 5.73 Å². The molecule has 162 valence electrons. The predicted molar refractivity (Wildman–Crippen MR) is 135 cm³/mol. The molecule has 0 saturated heterocycles. The third-order valence-electron chi connectivity index (χ3n) is 5.75. The molecule has 1 aliphatic rings. The maximum Gasteiger partial charge on any atom is 0.270 e. The van der Waals surface area contributed by atoms with Crippen LogP contribution >= 0.6 is 11.6 Å². The summed E-state index contributed by atoms with van der Waals surface area (Å²) in [6.45, 7) is 2.03. The van der Waals surface area contributed by atoms with Gasteiger partial charge in [0.15, 0.2) is 6.17 Å². The average molecular weight is 452 g/mol. The van der Waals surface area contributed by atoms with E-state index in [0.717, 1.165) is 33.5 Å². The number of aliphatic imine (C=N–C) groups is 1. The zero-order valence-electron chi connectivity index (χ0n) is 18.1. The van der Waals surface area contributed by atoms with Gasteiger partial charge in [0, 0.05) is 21.8 Å². The van der Waals surface area contributed by atoms with E-state index >= 15 is 0 Å². The predicted octanol–water partition coefficient (Wildman–Crippen LogP) is 6.12. The van der Waals surface area contributed by atoms with Crippen LogP contribution in [-0.4, -0.2) is 17.8 Å². The lowest BCUT2D eigenvalue weighted by atomic mass is 9.99. The Balaban J connectivity index is 1.63. The van der Waals surface area contributed by atoms with Crippen molar-refractivity contribution in [2.24, 2.45) is 10.7 Å². The Kier molecular flexibility index (Phi) is 5.55. The van der Waals surface area contributed by atoms with Crippen molar-refractivity contribution in [1.29, 1.82) is 0 Å². The van der Waals surface area contributed by atoms with Crippen LogP contribution in [0.5, 0.6) is 0 Å². The molecule has 1 unspecified atom stereocenters. The highest BCUT2D eigenvalue weighted by atomic mass is 35.5. The number of fused-ring (bicyclic) bond motifs is 1. The second kappa shape index (κ2) is 8.66. The summed E-state index contributed by atoms with van der Waals surface area (Å²) in [4.78, 5) is 19.7. The van der Waals surface area contributed by atoms with E-state index in [2.05, 4.69) is 17.1 Å². The number of nitrogens with two attached hydrogens (primary N) is 1. The number of carbonyl (C=O) groups is 1. The number of amides is 1. The third kappa shape index (κ3) is 4.07. The van der Waals surface area contributed by atoms with Crippen LogP contribution in [0, 0.1) is 6.92 Å². The van der Waals surface area contributed by atoms with Gasteiger partial charge in [0.25, 0.3) is 5.91 Å². The molecule has 1 atom stereocenters. The van der Waals surface area contributed by atoms with Crippen LogP contribution in [0.2, 0.25) is 5.02 Å². The monoisotopic (exact) mass is 451 g/mol. The van der Waals surface area contributed by atoms with E-state index in [1.54, 1.807) is 11.0 Å². The van der Waals surface area contributed by atoms with Crippen molar-refractivity contribution in [3.8, 4) is 11.1 Å². The van der Waals surface area contributed by atoms with Gasteiger partial charge in [-0.3, -0.25) is 14.7 Å². The van der Waals surface area contributed by atoms with Crippen LogP contribution in [0.15, 0.2) is 102 Å². The highest BCUT2D eigenvalue weighted by Crippen LogP contribution is 2.36. The fraction of sp³-hybridized carbons (Fsp3) is 0.0714. The van der Waals surface area contributed by atoms with E-state index in [1.165, 1.54) is 0 Å². The van der Waals surface area contributed by atoms with Crippen LogP contribution in [0.4, 0.5) is 11.4 Å². The van der Waals surface area contributed by atoms with Crippen LogP contribution in [0.25, 0.3) is 11.1 Å². The minimum atomic E-state index is -1.04. The number of hydrogen-bond donors (Lipinski definition) is 1. The van der Waals surface area contributed by atoms with E-state index < -0.39 is 6.17 Å². The van der Waals surface area contributed by atoms with Crippen LogP contribution in [-0.2, 0) is 4.79 Å². The molecule has 2 N–H and O–H groups in total. The van der Waals surface area contributed by atoms with Gasteiger partial charge in [-0.1, -0.05) is 83.9 Å². The van der Waals surface area contributed by atoms with E-state index in [9.17, 15) is 4.79 Å². The summed E-state index contributed by atoms with van der Waals surface area (Å²) in [5, 5.41) is 0.566. The van der Waals surface area contributed by atoms with E-state index in [1.807, 2.05) is 85.8 Å². The fourth-order valence-electron chi connectivity index (χ4n) is 4.05. The second-order valence-corrected chi connectivity index (χ2v) is 8.47. The van der Waals surface area contributed by atoms with Crippen molar-refractivity contribution in [1.82, 2.24) is 0 Å². The molecule has 4 aromatic rings. The molecule has 0 saturated carbocycles. The Bertz CT molecular complexity index is 1350. The molecule has 33 heavy (non-hydrogen) atoms. The molecule has 0 bridgehead atoms. The molecule has 1 heterocycles. The first kappa shape index (κ1) is 21.1. The molecule has 0 radical (unpaired) electrons. The number of nitrogens with zero attached hydrogens (tertiary/aromatic N) is 2. The zero-order valence-corrected chi connectivity index (χ0v) is 18.8. The van der Waals surface area contributed by atoms with E-state index in [-0.39, 0.29) is 5.91 Å². The molecule has 0 aliphatic carbocycles. The van der Waals surface area contributed by atoms with Gasteiger partial charge in [0.1, 0.15) is 0 Å². The zero-order chi connectivity index (χ0) is 22.9. The molecular formula is C28H22ClN3O. The molecule has 1 amide bonds. The topological polar surface area (TPSA) is 58.7 Å². The lowest BCUT2D eigenvalue weighted by Crippen LogP contribution is -2.39. The van der Waals surface area contributed by atoms with Crippen molar-refractivity contribution in [2.75, 3.05) is 4.90 Å². The van der Waals surface area contributed by atoms with Gasteiger partial charge >= 0.3 is 0 Å². The molecule has 0 spiro atoms. The van der Waals surface area contributed by atoms with Crippen molar-refractivity contribution in [3.05, 3.63) is 119 Å². The minimum absolute atomic E-state index is 0.298. The summed E-state index contributed by atoms with van der Waals surface area (Å²) in [5.74, 6) is -0.298. The maximum atomic E-state index is 13.4. The number of anilines is 2. The first-order chi connectivity index (χ1) is 16.0. The SMILES string of the molecule is Cc1ccc(C2=NC(N)C(=O)N(c3ccc(-c4ccccc4)cc3)c3ccc(Cl)cc32)cc1. The molecule has 1 aliphatic heterocycles. The molecule has 4 aromatic carbocycles. The fourth-order valence-corrected chi connectivity index (χ4v) is 4.22.